The Morgan fingerprint density at radius 2 is 1.42 bits per heavy atom. The monoisotopic (exact) mass is 393 g/mol. The summed E-state index contributed by atoms with van der Waals surface area (Å²) < 4.78 is 76.7. The molecule has 0 aliphatic heterocycles. The number of aryl methyl sites for hydroxylation is 1. The highest BCUT2D eigenvalue weighted by atomic mass is 32.2. The average molecular weight is 393 g/mol. The van der Waals surface area contributed by atoms with Crippen molar-refractivity contribution in [2.75, 3.05) is 11.1 Å². The van der Waals surface area contributed by atoms with Crippen LogP contribution in [0.3, 0.4) is 0 Å². The molecular weight excluding hydrogens is 380 g/mol. The molecule has 0 saturated carbocycles. The van der Waals surface area contributed by atoms with Gasteiger partial charge in [-0.1, -0.05) is 17.7 Å². The number of carbonyl (C=O) groups is 1. The number of hydrogen-bond donors (Lipinski definition) is 1. The molecule has 1 N–H and O–H groups in total. The van der Waals surface area contributed by atoms with Gasteiger partial charge in [-0.2, -0.15) is 26.3 Å². The number of hydrogen-bond acceptors (Lipinski definition) is 2. The van der Waals surface area contributed by atoms with Gasteiger partial charge in [0.2, 0.25) is 5.91 Å². The van der Waals surface area contributed by atoms with E-state index in [9.17, 15) is 31.1 Å². The van der Waals surface area contributed by atoms with E-state index in [1.807, 2.05) is 19.1 Å². The van der Waals surface area contributed by atoms with E-state index in [1.165, 1.54) is 0 Å². The van der Waals surface area contributed by atoms with Gasteiger partial charge in [0.05, 0.1) is 16.9 Å². The van der Waals surface area contributed by atoms with Crippen molar-refractivity contribution < 1.29 is 31.1 Å². The van der Waals surface area contributed by atoms with Gasteiger partial charge in [0.1, 0.15) is 0 Å². The molecule has 0 radical (unpaired) electrons. The third kappa shape index (κ3) is 5.69. The summed E-state index contributed by atoms with van der Waals surface area (Å²) in [6.45, 7) is 1.88. The van der Waals surface area contributed by atoms with Gasteiger partial charge < -0.3 is 5.32 Å². The molecule has 0 aliphatic rings. The van der Waals surface area contributed by atoms with E-state index in [0.717, 1.165) is 22.2 Å². The first-order valence-corrected chi connectivity index (χ1v) is 8.22. The number of rotatable bonds is 4. The number of benzene rings is 2. The van der Waals surface area contributed by atoms with Crippen molar-refractivity contribution in [1.82, 2.24) is 0 Å². The van der Waals surface area contributed by atoms with Crippen LogP contribution in [0.4, 0.5) is 32.0 Å². The zero-order chi connectivity index (χ0) is 19.5. The maximum Gasteiger partial charge on any atom is 0.416 e. The van der Waals surface area contributed by atoms with E-state index in [2.05, 4.69) is 5.32 Å². The molecule has 0 spiro atoms. The second kappa shape index (κ2) is 7.61. The van der Waals surface area contributed by atoms with Crippen LogP contribution in [0, 0.1) is 6.92 Å². The first-order chi connectivity index (χ1) is 11.9. The summed E-state index contributed by atoms with van der Waals surface area (Å²) in [6.07, 6.45) is -9.92. The molecule has 1 amide bonds. The first-order valence-electron chi connectivity index (χ1n) is 7.24. The van der Waals surface area contributed by atoms with E-state index < -0.39 is 35.1 Å². The molecule has 0 unspecified atom stereocenters. The lowest BCUT2D eigenvalue weighted by Gasteiger charge is -2.14. The zero-order valence-corrected chi connectivity index (χ0v) is 14.1. The molecule has 2 aromatic rings. The van der Waals surface area contributed by atoms with E-state index in [4.69, 9.17) is 0 Å². The Balaban J connectivity index is 2.14. The molecule has 0 heterocycles. The highest BCUT2D eigenvalue weighted by Gasteiger charge is 2.37. The number of anilines is 1. The number of nitrogens with one attached hydrogen (secondary N) is 1. The van der Waals surface area contributed by atoms with Crippen molar-refractivity contribution in [3.8, 4) is 0 Å². The van der Waals surface area contributed by atoms with Crippen molar-refractivity contribution in [2.24, 2.45) is 0 Å². The summed E-state index contributed by atoms with van der Waals surface area (Å²) in [4.78, 5) is 12.6. The maximum atomic E-state index is 12.8. The molecule has 26 heavy (non-hydrogen) atoms. The van der Waals surface area contributed by atoms with Crippen LogP contribution in [-0.4, -0.2) is 11.7 Å². The van der Waals surface area contributed by atoms with Crippen molar-refractivity contribution >= 4 is 23.4 Å². The topological polar surface area (TPSA) is 29.1 Å². The fourth-order valence-electron chi connectivity index (χ4n) is 2.01. The maximum absolute atomic E-state index is 12.8. The van der Waals surface area contributed by atoms with Gasteiger partial charge in [-0.3, -0.25) is 4.79 Å². The molecule has 0 saturated heterocycles. The first kappa shape index (κ1) is 20.2. The summed E-state index contributed by atoms with van der Waals surface area (Å²) in [5, 5.41) is 2.09. The second-order valence-corrected chi connectivity index (χ2v) is 6.49. The molecular formula is C17H13F6NOS. The van der Waals surface area contributed by atoms with Crippen LogP contribution in [0.1, 0.15) is 16.7 Å². The SMILES string of the molecule is Cc1ccc(SCC(=O)Nc2cc(C(F)(F)F)cc(C(F)(F)F)c2)cc1. The van der Waals surface area contributed by atoms with Gasteiger partial charge >= 0.3 is 12.4 Å². The van der Waals surface area contributed by atoms with Gasteiger partial charge in [0, 0.05) is 10.6 Å². The predicted molar refractivity (Wildman–Crippen MR) is 87.0 cm³/mol. The fraction of sp³-hybridized carbons (Fsp3) is 0.235. The van der Waals surface area contributed by atoms with Gasteiger partial charge in [0.25, 0.3) is 0 Å². The van der Waals surface area contributed by atoms with Gasteiger partial charge in [0.15, 0.2) is 0 Å². The van der Waals surface area contributed by atoms with E-state index in [1.54, 1.807) is 12.1 Å². The molecule has 2 rings (SSSR count). The van der Waals surface area contributed by atoms with Crippen molar-refractivity contribution in [3.05, 3.63) is 59.2 Å². The van der Waals surface area contributed by atoms with Crippen LogP contribution < -0.4 is 5.32 Å². The lowest BCUT2D eigenvalue weighted by molar-refractivity contribution is -0.143. The Bertz CT molecular complexity index is 751. The smallest absolute Gasteiger partial charge is 0.325 e. The molecule has 0 atom stereocenters. The molecule has 0 aliphatic carbocycles. The summed E-state index contributed by atoms with van der Waals surface area (Å²) >= 11 is 1.12. The normalized spacial score (nSPS) is 12.1. The van der Waals surface area contributed by atoms with Crippen LogP contribution in [0.25, 0.3) is 0 Å². The van der Waals surface area contributed by atoms with Gasteiger partial charge in [-0.05, 0) is 37.3 Å². The second-order valence-electron chi connectivity index (χ2n) is 5.44. The van der Waals surface area contributed by atoms with E-state index in [-0.39, 0.29) is 11.8 Å². The standard InChI is InChI=1S/C17H13F6NOS/c1-10-2-4-14(5-3-10)26-9-15(25)24-13-7-11(16(18,19)20)6-12(8-13)17(21,22)23/h2-8H,9H2,1H3,(H,24,25). The summed E-state index contributed by atoms with van der Waals surface area (Å²) in [5.41, 5.74) is -2.49. The minimum absolute atomic E-state index is 0.0106. The Kier molecular flexibility index (Phi) is 5.90. The number of thioether (sulfide) groups is 1. The number of alkyl halides is 6. The van der Waals surface area contributed by atoms with Crippen molar-refractivity contribution in [2.45, 2.75) is 24.2 Å². The quantitative estimate of drug-likeness (QED) is 0.528. The Morgan fingerprint density at radius 3 is 1.88 bits per heavy atom. The van der Waals surface area contributed by atoms with Crippen LogP contribution >= 0.6 is 11.8 Å². The Labute approximate surface area is 149 Å². The van der Waals surface area contributed by atoms with Crippen LogP contribution in [-0.2, 0) is 17.1 Å². The lowest BCUT2D eigenvalue weighted by Crippen LogP contribution is -2.17. The summed E-state index contributed by atoms with van der Waals surface area (Å²) in [7, 11) is 0. The largest absolute Gasteiger partial charge is 0.416 e. The third-order valence-electron chi connectivity index (χ3n) is 3.26. The third-order valence-corrected chi connectivity index (χ3v) is 4.27. The zero-order valence-electron chi connectivity index (χ0n) is 13.3. The van der Waals surface area contributed by atoms with Crippen molar-refractivity contribution in [1.29, 1.82) is 0 Å². The van der Waals surface area contributed by atoms with Crippen LogP contribution in [0.2, 0.25) is 0 Å². The Hall–Kier alpha value is -2.16. The van der Waals surface area contributed by atoms with Gasteiger partial charge in [-0.15, -0.1) is 11.8 Å². The van der Waals surface area contributed by atoms with E-state index in [0.29, 0.717) is 12.1 Å². The summed E-state index contributed by atoms with van der Waals surface area (Å²) in [6, 6.07) is 8.13. The fourth-order valence-corrected chi connectivity index (χ4v) is 2.71. The minimum Gasteiger partial charge on any atom is -0.325 e. The molecule has 9 heteroatoms. The number of amides is 1. The van der Waals surface area contributed by atoms with E-state index >= 15 is 0 Å². The molecule has 0 fully saturated rings. The molecule has 140 valence electrons. The molecule has 0 aromatic heterocycles. The molecule has 2 aromatic carbocycles. The predicted octanol–water partition coefficient (Wildman–Crippen LogP) is 5.76. The van der Waals surface area contributed by atoms with Crippen LogP contribution in [0.5, 0.6) is 0 Å². The minimum atomic E-state index is -4.96. The molecule has 0 bridgehead atoms. The van der Waals surface area contributed by atoms with Crippen molar-refractivity contribution in [3.63, 3.8) is 0 Å². The average Bonchev–Trinajstić information content (AvgIpc) is 2.52. The summed E-state index contributed by atoms with van der Waals surface area (Å²) in [5.74, 6) is -0.858. The van der Waals surface area contributed by atoms with Gasteiger partial charge in [-0.25, -0.2) is 0 Å². The number of carbonyl (C=O) groups excluding carboxylic acids is 1. The highest BCUT2D eigenvalue weighted by Crippen LogP contribution is 2.37. The van der Waals surface area contributed by atoms with Crippen LogP contribution in [0.15, 0.2) is 47.4 Å². The number of halogens is 6. The lowest BCUT2D eigenvalue weighted by atomic mass is 10.1. The molecule has 2 nitrogen and oxygen atoms in total. The highest BCUT2D eigenvalue weighted by molar-refractivity contribution is 8.00. The Morgan fingerprint density at radius 1 is 0.923 bits per heavy atom.